The van der Waals surface area contributed by atoms with E-state index in [9.17, 15) is 9.59 Å². The van der Waals surface area contributed by atoms with Gasteiger partial charge in [0.05, 0.1) is 33.5 Å². The number of nitrogens with one attached hydrogen (secondary N) is 1. The average Bonchev–Trinajstić information content (AvgIpc) is 3.34. The Hall–Kier alpha value is -3.30. The number of morpholine rings is 1. The maximum Gasteiger partial charge on any atom is 0.258 e. The first-order chi connectivity index (χ1) is 17.1. The van der Waals surface area contributed by atoms with Crippen LogP contribution >= 0.6 is 0 Å². The normalized spacial score (nSPS) is 17.2. The third-order valence-electron chi connectivity index (χ3n) is 6.34. The molecule has 2 aliphatic rings. The number of benzene rings is 2. The van der Waals surface area contributed by atoms with E-state index in [0.29, 0.717) is 50.0 Å². The van der Waals surface area contributed by atoms with Crippen LogP contribution in [0.15, 0.2) is 42.5 Å². The second-order valence-electron chi connectivity index (χ2n) is 8.52. The van der Waals surface area contributed by atoms with E-state index < -0.39 is 0 Å². The van der Waals surface area contributed by atoms with E-state index in [4.69, 9.17) is 18.9 Å². The van der Waals surface area contributed by atoms with Crippen molar-refractivity contribution in [2.75, 3.05) is 65.1 Å². The molecule has 2 amide bonds. The van der Waals surface area contributed by atoms with Crippen molar-refractivity contribution in [2.24, 2.45) is 0 Å². The predicted octanol–water partition coefficient (Wildman–Crippen LogP) is 2.40. The SMILES string of the molecule is COc1ccc(C(CNC(=O)COc2cccc(N3CCCC3=O)c2)N2CCOCC2)cc1OC. The molecule has 0 radical (unpaired) electrons. The molecule has 9 heteroatoms. The average molecular weight is 484 g/mol. The van der Waals surface area contributed by atoms with E-state index in [1.54, 1.807) is 31.3 Å². The summed E-state index contributed by atoms with van der Waals surface area (Å²) in [6.07, 6.45) is 1.43. The Morgan fingerprint density at radius 2 is 1.86 bits per heavy atom. The fourth-order valence-corrected chi connectivity index (χ4v) is 4.48. The van der Waals surface area contributed by atoms with Crippen LogP contribution in [0.1, 0.15) is 24.4 Å². The van der Waals surface area contributed by atoms with E-state index >= 15 is 0 Å². The van der Waals surface area contributed by atoms with Crippen LogP contribution in [0.2, 0.25) is 0 Å². The highest BCUT2D eigenvalue weighted by molar-refractivity contribution is 5.95. The smallest absolute Gasteiger partial charge is 0.258 e. The first kappa shape index (κ1) is 24.8. The van der Waals surface area contributed by atoms with E-state index in [-0.39, 0.29) is 24.5 Å². The number of methoxy groups -OCH3 is 2. The number of hydrogen-bond donors (Lipinski definition) is 1. The zero-order chi connectivity index (χ0) is 24.6. The number of rotatable bonds is 10. The van der Waals surface area contributed by atoms with E-state index in [1.165, 1.54) is 0 Å². The van der Waals surface area contributed by atoms with Gasteiger partial charge in [0, 0.05) is 44.4 Å². The first-order valence-corrected chi connectivity index (χ1v) is 11.9. The summed E-state index contributed by atoms with van der Waals surface area (Å²) in [7, 11) is 3.22. The molecule has 0 spiro atoms. The van der Waals surface area contributed by atoms with Crippen LogP contribution in [0.4, 0.5) is 5.69 Å². The van der Waals surface area contributed by atoms with Gasteiger partial charge in [-0.1, -0.05) is 12.1 Å². The zero-order valence-electron chi connectivity index (χ0n) is 20.3. The van der Waals surface area contributed by atoms with E-state index in [2.05, 4.69) is 10.2 Å². The van der Waals surface area contributed by atoms with Gasteiger partial charge >= 0.3 is 0 Å². The molecule has 2 aromatic carbocycles. The molecule has 2 saturated heterocycles. The van der Waals surface area contributed by atoms with Gasteiger partial charge in [-0.2, -0.15) is 0 Å². The quantitative estimate of drug-likeness (QED) is 0.555. The van der Waals surface area contributed by atoms with Crippen LogP contribution < -0.4 is 24.4 Å². The molecule has 35 heavy (non-hydrogen) atoms. The van der Waals surface area contributed by atoms with Crippen LogP contribution in [0.25, 0.3) is 0 Å². The molecule has 1 N–H and O–H groups in total. The molecule has 2 fully saturated rings. The van der Waals surface area contributed by atoms with Gasteiger partial charge in [0.1, 0.15) is 5.75 Å². The van der Waals surface area contributed by atoms with Crippen LogP contribution in [0.3, 0.4) is 0 Å². The largest absolute Gasteiger partial charge is 0.493 e. The summed E-state index contributed by atoms with van der Waals surface area (Å²) in [5, 5.41) is 3.01. The molecule has 188 valence electrons. The number of carbonyl (C=O) groups is 2. The number of amides is 2. The predicted molar refractivity (Wildman–Crippen MR) is 131 cm³/mol. The van der Waals surface area contributed by atoms with Crippen molar-refractivity contribution in [3.8, 4) is 17.2 Å². The van der Waals surface area contributed by atoms with Crippen LogP contribution in [0, 0.1) is 0 Å². The van der Waals surface area contributed by atoms with Crippen molar-refractivity contribution < 1.29 is 28.5 Å². The fourth-order valence-electron chi connectivity index (χ4n) is 4.48. The Kier molecular flexibility index (Phi) is 8.44. The lowest BCUT2D eigenvalue weighted by Gasteiger charge is -2.35. The zero-order valence-corrected chi connectivity index (χ0v) is 20.3. The lowest BCUT2D eigenvalue weighted by molar-refractivity contribution is -0.123. The third-order valence-corrected chi connectivity index (χ3v) is 6.34. The van der Waals surface area contributed by atoms with Gasteiger partial charge in [-0.25, -0.2) is 0 Å². The molecule has 0 bridgehead atoms. The van der Waals surface area contributed by atoms with Crippen molar-refractivity contribution in [3.63, 3.8) is 0 Å². The van der Waals surface area contributed by atoms with Gasteiger partial charge in [-0.15, -0.1) is 0 Å². The molecule has 9 nitrogen and oxygen atoms in total. The van der Waals surface area contributed by atoms with Crippen molar-refractivity contribution >= 4 is 17.5 Å². The molecule has 0 saturated carbocycles. The summed E-state index contributed by atoms with van der Waals surface area (Å²) in [6, 6.07) is 13.1. The molecule has 0 aliphatic carbocycles. The molecule has 1 unspecified atom stereocenters. The molecular weight excluding hydrogens is 450 g/mol. The van der Waals surface area contributed by atoms with Gasteiger partial charge in [-0.3, -0.25) is 14.5 Å². The Bertz CT molecular complexity index is 1020. The lowest BCUT2D eigenvalue weighted by Crippen LogP contribution is -2.44. The van der Waals surface area contributed by atoms with Crippen molar-refractivity contribution in [2.45, 2.75) is 18.9 Å². The maximum absolute atomic E-state index is 12.7. The minimum atomic E-state index is -0.216. The highest BCUT2D eigenvalue weighted by Gasteiger charge is 2.25. The highest BCUT2D eigenvalue weighted by atomic mass is 16.5. The minimum absolute atomic E-state index is 0.0489. The van der Waals surface area contributed by atoms with Crippen LogP contribution in [-0.2, 0) is 14.3 Å². The second kappa shape index (κ2) is 11.9. The van der Waals surface area contributed by atoms with Crippen molar-refractivity contribution in [1.82, 2.24) is 10.2 Å². The third kappa shape index (κ3) is 6.23. The Morgan fingerprint density at radius 1 is 1.06 bits per heavy atom. The summed E-state index contributed by atoms with van der Waals surface area (Å²) in [5.74, 6) is 1.76. The molecular formula is C26H33N3O6. The number of carbonyl (C=O) groups excluding carboxylic acids is 2. The van der Waals surface area contributed by atoms with Crippen LogP contribution in [-0.4, -0.2) is 76.9 Å². The van der Waals surface area contributed by atoms with Crippen molar-refractivity contribution in [3.05, 3.63) is 48.0 Å². The van der Waals surface area contributed by atoms with Gasteiger partial charge in [0.2, 0.25) is 5.91 Å². The van der Waals surface area contributed by atoms with Gasteiger partial charge < -0.3 is 29.2 Å². The summed E-state index contributed by atoms with van der Waals surface area (Å²) < 4.78 is 22.1. The van der Waals surface area contributed by atoms with Gasteiger partial charge in [0.25, 0.3) is 5.91 Å². The molecule has 2 aromatic rings. The topological polar surface area (TPSA) is 89.6 Å². The second-order valence-corrected chi connectivity index (χ2v) is 8.52. The fraction of sp³-hybridized carbons (Fsp3) is 0.462. The number of anilines is 1. The number of nitrogens with zero attached hydrogens (tertiary/aromatic N) is 2. The Balaban J connectivity index is 1.38. The standard InChI is InChI=1S/C26H33N3O6/c1-32-23-9-8-19(15-24(23)33-2)22(28-11-13-34-14-12-28)17-27-25(30)18-35-21-6-3-5-20(16-21)29-10-4-7-26(29)31/h3,5-6,8-9,15-16,22H,4,7,10-14,17-18H2,1-2H3,(H,27,30). The minimum Gasteiger partial charge on any atom is -0.493 e. The Morgan fingerprint density at radius 3 is 2.57 bits per heavy atom. The molecule has 2 heterocycles. The molecule has 4 rings (SSSR count). The van der Waals surface area contributed by atoms with Gasteiger partial charge in [0.15, 0.2) is 18.1 Å². The summed E-state index contributed by atoms with van der Waals surface area (Å²) >= 11 is 0. The molecule has 2 aliphatic heterocycles. The van der Waals surface area contributed by atoms with E-state index in [0.717, 1.165) is 30.8 Å². The summed E-state index contributed by atoms with van der Waals surface area (Å²) in [4.78, 5) is 28.7. The summed E-state index contributed by atoms with van der Waals surface area (Å²) in [5.41, 5.74) is 1.82. The highest BCUT2D eigenvalue weighted by Crippen LogP contribution is 2.32. The van der Waals surface area contributed by atoms with E-state index in [1.807, 2.05) is 30.3 Å². The Labute approximate surface area is 205 Å². The molecule has 1 atom stereocenters. The number of ether oxygens (including phenoxy) is 4. The summed E-state index contributed by atoms with van der Waals surface area (Å²) in [6.45, 7) is 3.86. The lowest BCUT2D eigenvalue weighted by atomic mass is 10.0. The van der Waals surface area contributed by atoms with Gasteiger partial charge in [-0.05, 0) is 36.2 Å². The number of hydrogen-bond acceptors (Lipinski definition) is 7. The molecule has 0 aromatic heterocycles. The maximum atomic E-state index is 12.7. The van der Waals surface area contributed by atoms with Crippen molar-refractivity contribution in [1.29, 1.82) is 0 Å². The van der Waals surface area contributed by atoms with Crippen LogP contribution in [0.5, 0.6) is 17.2 Å². The first-order valence-electron chi connectivity index (χ1n) is 11.9. The monoisotopic (exact) mass is 483 g/mol.